The van der Waals surface area contributed by atoms with Gasteiger partial charge in [0.05, 0.1) is 9.79 Å². The summed E-state index contributed by atoms with van der Waals surface area (Å²) in [7, 11) is -6.87. The molecule has 0 amide bonds. The number of sulfone groups is 1. The van der Waals surface area contributed by atoms with Gasteiger partial charge >= 0.3 is 0 Å². The Balaban J connectivity index is 3.12. The van der Waals surface area contributed by atoms with E-state index in [1.54, 1.807) is 13.8 Å². The third-order valence-electron chi connectivity index (χ3n) is 1.95. The van der Waals surface area contributed by atoms with Crippen molar-refractivity contribution in [2.75, 3.05) is 6.26 Å². The average molecular weight is 277 g/mol. The van der Waals surface area contributed by atoms with Crippen LogP contribution in [0.3, 0.4) is 0 Å². The van der Waals surface area contributed by atoms with E-state index in [9.17, 15) is 16.8 Å². The molecular formula is C10H15NO4S2. The van der Waals surface area contributed by atoms with E-state index >= 15 is 0 Å². The Morgan fingerprint density at radius 3 is 1.71 bits per heavy atom. The van der Waals surface area contributed by atoms with E-state index in [4.69, 9.17) is 0 Å². The van der Waals surface area contributed by atoms with Gasteiger partial charge in [-0.2, -0.15) is 0 Å². The molecule has 1 aromatic rings. The average Bonchev–Trinajstić information content (AvgIpc) is 2.14. The van der Waals surface area contributed by atoms with Crippen molar-refractivity contribution in [1.82, 2.24) is 4.72 Å². The largest absolute Gasteiger partial charge is 0.240 e. The highest BCUT2D eigenvalue weighted by atomic mass is 32.2. The number of nitrogens with one attached hydrogen (secondary N) is 1. The van der Waals surface area contributed by atoms with E-state index in [0.717, 1.165) is 6.26 Å². The second-order valence-corrected chi connectivity index (χ2v) is 7.75. The number of rotatable bonds is 4. The molecule has 0 saturated heterocycles. The van der Waals surface area contributed by atoms with Gasteiger partial charge in [-0.1, -0.05) is 0 Å². The van der Waals surface area contributed by atoms with Gasteiger partial charge < -0.3 is 0 Å². The molecule has 0 aromatic heterocycles. The summed E-state index contributed by atoms with van der Waals surface area (Å²) in [6, 6.07) is 4.91. The summed E-state index contributed by atoms with van der Waals surface area (Å²) in [5.74, 6) is 0. The molecule has 0 spiro atoms. The summed E-state index contributed by atoms with van der Waals surface area (Å²) in [6.45, 7) is 3.42. The molecule has 0 heterocycles. The molecule has 0 aliphatic rings. The van der Waals surface area contributed by atoms with E-state index in [0.29, 0.717) is 0 Å². The molecule has 7 heteroatoms. The molecule has 1 aromatic carbocycles. The minimum Gasteiger partial charge on any atom is -0.224 e. The topological polar surface area (TPSA) is 80.3 Å². The van der Waals surface area contributed by atoms with Crippen molar-refractivity contribution in [2.24, 2.45) is 0 Å². The lowest BCUT2D eigenvalue weighted by Crippen LogP contribution is -2.30. The number of benzene rings is 1. The van der Waals surface area contributed by atoms with Gasteiger partial charge in [0.15, 0.2) is 9.84 Å². The lowest BCUT2D eigenvalue weighted by molar-refractivity contribution is 0.569. The maximum Gasteiger partial charge on any atom is 0.240 e. The molecular weight excluding hydrogens is 262 g/mol. The van der Waals surface area contributed by atoms with Crippen molar-refractivity contribution in [3.63, 3.8) is 0 Å². The van der Waals surface area contributed by atoms with Crippen LogP contribution >= 0.6 is 0 Å². The first-order valence-corrected chi connectivity index (χ1v) is 8.33. The molecule has 1 N–H and O–H groups in total. The minimum atomic E-state index is -3.57. The number of hydrogen-bond donors (Lipinski definition) is 1. The van der Waals surface area contributed by atoms with E-state index in [1.807, 2.05) is 0 Å². The first-order chi connectivity index (χ1) is 7.63. The van der Waals surface area contributed by atoms with Gasteiger partial charge in [0, 0.05) is 12.3 Å². The summed E-state index contributed by atoms with van der Waals surface area (Å²) >= 11 is 0. The van der Waals surface area contributed by atoms with Crippen LogP contribution in [-0.2, 0) is 19.9 Å². The molecule has 0 fully saturated rings. The third-order valence-corrected chi connectivity index (χ3v) is 4.76. The first kappa shape index (κ1) is 14.1. The second-order valence-electron chi connectivity index (χ2n) is 4.02. The van der Waals surface area contributed by atoms with Gasteiger partial charge in [-0.3, -0.25) is 0 Å². The molecule has 0 aliphatic carbocycles. The summed E-state index contributed by atoms with van der Waals surface area (Å²) in [5, 5.41) is 0. The Kier molecular flexibility index (Phi) is 3.95. The molecule has 1 rings (SSSR count). The van der Waals surface area contributed by atoms with Gasteiger partial charge in [-0.25, -0.2) is 21.6 Å². The Bertz CT molecular complexity index is 586. The molecule has 0 bridgehead atoms. The normalized spacial score (nSPS) is 12.9. The summed E-state index contributed by atoms with van der Waals surface area (Å²) in [6.07, 6.45) is 1.07. The van der Waals surface area contributed by atoms with E-state index in [2.05, 4.69) is 4.72 Å². The maximum atomic E-state index is 11.7. The quantitative estimate of drug-likeness (QED) is 0.881. The smallest absolute Gasteiger partial charge is 0.224 e. The van der Waals surface area contributed by atoms with Crippen LogP contribution in [0, 0.1) is 0 Å². The Hall–Kier alpha value is -0.920. The molecule has 5 nitrogen and oxygen atoms in total. The standard InChI is InChI=1S/C10H15NO4S2/c1-8(2)11-17(14,15)10-6-4-9(5-7-10)16(3,12)13/h4-8,11H,1-3H3. The van der Waals surface area contributed by atoms with Gasteiger partial charge in [0.2, 0.25) is 10.0 Å². The lowest BCUT2D eigenvalue weighted by Gasteiger charge is -2.09. The monoisotopic (exact) mass is 277 g/mol. The van der Waals surface area contributed by atoms with Crippen LogP contribution in [0.15, 0.2) is 34.1 Å². The van der Waals surface area contributed by atoms with Crippen LogP contribution in [0.2, 0.25) is 0 Å². The number of hydrogen-bond acceptors (Lipinski definition) is 4. The van der Waals surface area contributed by atoms with Gasteiger partial charge in [0.1, 0.15) is 0 Å². The first-order valence-electron chi connectivity index (χ1n) is 4.95. The fraction of sp³-hybridized carbons (Fsp3) is 0.400. The highest BCUT2D eigenvalue weighted by Gasteiger charge is 2.16. The van der Waals surface area contributed by atoms with Crippen molar-refractivity contribution >= 4 is 19.9 Å². The predicted octanol–water partition coefficient (Wildman–Crippen LogP) is 0.777. The zero-order valence-electron chi connectivity index (χ0n) is 9.84. The summed E-state index contributed by atoms with van der Waals surface area (Å²) in [4.78, 5) is 0.152. The van der Waals surface area contributed by atoms with E-state index in [1.165, 1.54) is 24.3 Å². The van der Waals surface area contributed by atoms with Gasteiger partial charge in [-0.15, -0.1) is 0 Å². The Labute approximate surface area is 102 Å². The molecule has 0 radical (unpaired) electrons. The van der Waals surface area contributed by atoms with Crippen molar-refractivity contribution in [3.8, 4) is 0 Å². The van der Waals surface area contributed by atoms with Crippen LogP contribution in [0.5, 0.6) is 0 Å². The fourth-order valence-corrected chi connectivity index (χ4v) is 3.13. The van der Waals surface area contributed by atoms with Crippen LogP contribution < -0.4 is 4.72 Å². The number of sulfonamides is 1. The minimum absolute atomic E-state index is 0.0543. The lowest BCUT2D eigenvalue weighted by atomic mass is 10.4. The van der Waals surface area contributed by atoms with Crippen LogP contribution in [-0.4, -0.2) is 29.1 Å². The van der Waals surface area contributed by atoms with Crippen molar-refractivity contribution in [3.05, 3.63) is 24.3 Å². The SMILES string of the molecule is CC(C)NS(=O)(=O)c1ccc(S(C)(=O)=O)cc1. The molecule has 0 aliphatic heterocycles. The van der Waals surface area contributed by atoms with Crippen LogP contribution in [0.25, 0.3) is 0 Å². The van der Waals surface area contributed by atoms with Crippen LogP contribution in [0.4, 0.5) is 0 Å². The van der Waals surface area contributed by atoms with E-state index in [-0.39, 0.29) is 15.8 Å². The Morgan fingerprint density at radius 2 is 1.35 bits per heavy atom. The van der Waals surface area contributed by atoms with Crippen LogP contribution in [0.1, 0.15) is 13.8 Å². The molecule has 0 unspecified atom stereocenters. The van der Waals surface area contributed by atoms with Crippen molar-refractivity contribution in [1.29, 1.82) is 0 Å². The maximum absolute atomic E-state index is 11.7. The third kappa shape index (κ3) is 3.79. The zero-order chi connectivity index (χ0) is 13.3. The van der Waals surface area contributed by atoms with Crippen molar-refractivity contribution in [2.45, 2.75) is 29.7 Å². The predicted molar refractivity (Wildman–Crippen MR) is 65.0 cm³/mol. The highest BCUT2D eigenvalue weighted by molar-refractivity contribution is 7.90. The van der Waals surface area contributed by atoms with Gasteiger partial charge in [-0.05, 0) is 38.1 Å². The summed E-state index contributed by atoms with van der Waals surface area (Å²) < 4.78 is 48.3. The van der Waals surface area contributed by atoms with Crippen molar-refractivity contribution < 1.29 is 16.8 Å². The fourth-order valence-electron chi connectivity index (χ4n) is 1.24. The summed E-state index contributed by atoms with van der Waals surface area (Å²) in [5.41, 5.74) is 0. The Morgan fingerprint density at radius 1 is 0.941 bits per heavy atom. The molecule has 17 heavy (non-hydrogen) atoms. The molecule has 96 valence electrons. The van der Waals surface area contributed by atoms with Gasteiger partial charge in [0.25, 0.3) is 0 Å². The highest BCUT2D eigenvalue weighted by Crippen LogP contribution is 2.14. The molecule has 0 saturated carbocycles. The zero-order valence-corrected chi connectivity index (χ0v) is 11.5. The molecule has 0 atom stereocenters. The van der Waals surface area contributed by atoms with E-state index < -0.39 is 19.9 Å². The second kappa shape index (κ2) is 4.75.